The van der Waals surface area contributed by atoms with Gasteiger partial charge in [-0.15, -0.1) is 0 Å². The van der Waals surface area contributed by atoms with Gasteiger partial charge in [-0.25, -0.2) is 0 Å². The summed E-state index contributed by atoms with van der Waals surface area (Å²) in [6.45, 7) is 4.37. The van der Waals surface area contributed by atoms with Gasteiger partial charge < -0.3 is 9.26 Å². The molecular weight excluding hydrogens is 137 g/mol. The smallest absolute Gasteiger partial charge is 0.103 e. The van der Waals surface area contributed by atoms with Crippen LogP contribution in [0, 0.1) is 0 Å². The fraction of sp³-hybridized carbons (Fsp3) is 1.00. The third-order valence-corrected chi connectivity index (χ3v) is 1.51. The summed E-state index contributed by atoms with van der Waals surface area (Å²) in [5.74, 6) is 0. The molecule has 1 saturated heterocycles. The van der Waals surface area contributed by atoms with Gasteiger partial charge in [0, 0.05) is 22.6 Å². The number of hydrogen-bond donors (Lipinski definition) is 0. The molecule has 0 bridgehead atoms. The molecule has 0 N–H and O–H groups in total. The van der Waals surface area contributed by atoms with Gasteiger partial charge in [0.15, 0.2) is 0 Å². The minimum absolute atomic E-state index is 0.702. The molecule has 1 aliphatic rings. The van der Waals surface area contributed by atoms with Crippen molar-refractivity contribution in [3.63, 3.8) is 0 Å². The first-order valence-corrected chi connectivity index (χ1v) is 3.52. The Kier molecular flexibility index (Phi) is 3.44. The maximum atomic E-state index is 5.14. The molecule has 3 nitrogen and oxygen atoms in total. The molecule has 0 saturated carbocycles. The molecule has 1 unspecified atom stereocenters. The molecule has 1 heterocycles. The average molecular weight is 149 g/mol. The van der Waals surface area contributed by atoms with Crippen LogP contribution in [0.4, 0.5) is 0 Å². The van der Waals surface area contributed by atoms with Crippen LogP contribution in [-0.2, 0) is 9.26 Å². The number of hydrogen-bond acceptors (Lipinski definition) is 3. The molecular formula is C5H12NO2P. The Balaban J connectivity index is 2.08. The monoisotopic (exact) mass is 149 g/mol. The van der Waals surface area contributed by atoms with Gasteiger partial charge in [0.1, 0.15) is 6.73 Å². The number of nitrogens with zero attached hydrogens (tertiary/aromatic N) is 1. The molecule has 54 valence electrons. The van der Waals surface area contributed by atoms with Gasteiger partial charge >= 0.3 is 0 Å². The molecule has 4 heteroatoms. The first-order valence-electron chi connectivity index (χ1n) is 3.05. The van der Waals surface area contributed by atoms with Crippen molar-refractivity contribution in [3.05, 3.63) is 0 Å². The van der Waals surface area contributed by atoms with Gasteiger partial charge in [-0.1, -0.05) is 0 Å². The summed E-state index contributed by atoms with van der Waals surface area (Å²) >= 11 is 0. The second-order valence-electron chi connectivity index (χ2n) is 2.03. The van der Waals surface area contributed by atoms with Crippen molar-refractivity contribution < 1.29 is 9.26 Å². The van der Waals surface area contributed by atoms with Crippen LogP contribution in [0.15, 0.2) is 0 Å². The van der Waals surface area contributed by atoms with E-state index in [1.165, 1.54) is 0 Å². The van der Waals surface area contributed by atoms with E-state index in [2.05, 4.69) is 14.4 Å². The Labute approximate surface area is 57.6 Å². The Hall–Kier alpha value is 0.310. The summed E-state index contributed by atoms with van der Waals surface area (Å²) in [7, 11) is 2.24. The molecule has 1 rings (SSSR count). The molecule has 0 aromatic carbocycles. The van der Waals surface area contributed by atoms with E-state index in [1.54, 1.807) is 0 Å². The van der Waals surface area contributed by atoms with E-state index in [-0.39, 0.29) is 0 Å². The van der Waals surface area contributed by atoms with Crippen molar-refractivity contribution in [2.24, 2.45) is 0 Å². The highest BCUT2D eigenvalue weighted by atomic mass is 31.0. The molecule has 0 aromatic rings. The van der Waals surface area contributed by atoms with E-state index in [0.29, 0.717) is 6.73 Å². The SMILES string of the molecule is POCN1CCOCC1. The molecule has 0 radical (unpaired) electrons. The van der Waals surface area contributed by atoms with E-state index in [4.69, 9.17) is 9.26 Å². The minimum atomic E-state index is 0.702. The van der Waals surface area contributed by atoms with E-state index >= 15 is 0 Å². The van der Waals surface area contributed by atoms with Gasteiger partial charge in [-0.3, -0.25) is 4.90 Å². The second-order valence-corrected chi connectivity index (χ2v) is 2.36. The lowest BCUT2D eigenvalue weighted by atomic mass is 10.5. The molecule has 0 aliphatic carbocycles. The first kappa shape index (κ1) is 7.42. The average Bonchev–Trinajstić information content (AvgIpc) is 1.91. The van der Waals surface area contributed by atoms with E-state index < -0.39 is 0 Å². The molecule has 1 aliphatic heterocycles. The highest BCUT2D eigenvalue weighted by molar-refractivity contribution is 7.09. The van der Waals surface area contributed by atoms with Crippen molar-refractivity contribution in [3.8, 4) is 0 Å². The van der Waals surface area contributed by atoms with Crippen molar-refractivity contribution in [2.75, 3.05) is 33.0 Å². The number of morpholine rings is 1. The summed E-state index contributed by atoms with van der Waals surface area (Å²) in [6, 6.07) is 0. The van der Waals surface area contributed by atoms with Crippen LogP contribution < -0.4 is 0 Å². The van der Waals surface area contributed by atoms with E-state index in [0.717, 1.165) is 26.3 Å². The largest absolute Gasteiger partial charge is 0.379 e. The minimum Gasteiger partial charge on any atom is -0.379 e. The lowest BCUT2D eigenvalue weighted by Crippen LogP contribution is -2.36. The molecule has 0 aromatic heterocycles. The quantitative estimate of drug-likeness (QED) is 0.519. The van der Waals surface area contributed by atoms with Crippen LogP contribution in [0.2, 0.25) is 0 Å². The standard InChI is InChI=1S/C5H12NO2P/c9-8-5-6-1-3-7-4-2-6/h1-5,9H2. The van der Waals surface area contributed by atoms with E-state index in [9.17, 15) is 0 Å². The molecule has 1 atom stereocenters. The van der Waals surface area contributed by atoms with Crippen LogP contribution >= 0.6 is 9.47 Å². The van der Waals surface area contributed by atoms with Crippen molar-refractivity contribution in [2.45, 2.75) is 0 Å². The molecule has 0 amide bonds. The predicted molar refractivity (Wildman–Crippen MR) is 38.1 cm³/mol. The Morgan fingerprint density at radius 2 is 2.11 bits per heavy atom. The highest BCUT2D eigenvalue weighted by Gasteiger charge is 2.07. The Morgan fingerprint density at radius 1 is 1.44 bits per heavy atom. The molecule has 0 spiro atoms. The van der Waals surface area contributed by atoms with Crippen molar-refractivity contribution >= 4 is 9.47 Å². The Bertz CT molecular complexity index is 72.6. The third-order valence-electron chi connectivity index (χ3n) is 1.36. The maximum absolute atomic E-state index is 5.14. The second kappa shape index (κ2) is 4.18. The summed E-state index contributed by atoms with van der Waals surface area (Å²) in [5, 5.41) is 0. The summed E-state index contributed by atoms with van der Waals surface area (Å²) < 4.78 is 10.0. The van der Waals surface area contributed by atoms with E-state index in [1.807, 2.05) is 0 Å². The summed E-state index contributed by atoms with van der Waals surface area (Å²) in [4.78, 5) is 2.20. The zero-order valence-electron chi connectivity index (χ0n) is 5.38. The normalized spacial score (nSPS) is 22.3. The lowest BCUT2D eigenvalue weighted by molar-refractivity contribution is 0.00845. The topological polar surface area (TPSA) is 21.7 Å². The maximum Gasteiger partial charge on any atom is 0.103 e. The van der Waals surface area contributed by atoms with Crippen molar-refractivity contribution in [1.29, 1.82) is 0 Å². The van der Waals surface area contributed by atoms with Crippen LogP contribution in [0.25, 0.3) is 0 Å². The third kappa shape index (κ3) is 2.59. The predicted octanol–water partition coefficient (Wildman–Crippen LogP) is 0.0828. The van der Waals surface area contributed by atoms with Gasteiger partial charge in [0.25, 0.3) is 0 Å². The Morgan fingerprint density at radius 3 is 2.67 bits per heavy atom. The number of ether oxygens (including phenoxy) is 1. The van der Waals surface area contributed by atoms with Crippen molar-refractivity contribution in [1.82, 2.24) is 4.90 Å². The van der Waals surface area contributed by atoms with Crippen LogP contribution in [0.3, 0.4) is 0 Å². The lowest BCUT2D eigenvalue weighted by Gasteiger charge is -2.25. The van der Waals surface area contributed by atoms with Gasteiger partial charge in [-0.05, 0) is 0 Å². The zero-order chi connectivity index (χ0) is 6.53. The molecule has 9 heavy (non-hydrogen) atoms. The fourth-order valence-corrected chi connectivity index (χ4v) is 1.05. The summed E-state index contributed by atoms with van der Waals surface area (Å²) in [5.41, 5.74) is 0. The van der Waals surface area contributed by atoms with Gasteiger partial charge in [0.2, 0.25) is 0 Å². The van der Waals surface area contributed by atoms with Crippen LogP contribution in [-0.4, -0.2) is 37.9 Å². The highest BCUT2D eigenvalue weighted by Crippen LogP contribution is 1.97. The van der Waals surface area contributed by atoms with Gasteiger partial charge in [-0.2, -0.15) is 0 Å². The summed E-state index contributed by atoms with van der Waals surface area (Å²) in [6.07, 6.45) is 0. The van der Waals surface area contributed by atoms with Gasteiger partial charge in [0.05, 0.1) is 13.2 Å². The molecule has 1 fully saturated rings. The fourth-order valence-electron chi connectivity index (χ4n) is 0.836. The van der Waals surface area contributed by atoms with Crippen LogP contribution in [0.1, 0.15) is 0 Å². The zero-order valence-corrected chi connectivity index (χ0v) is 6.53. The number of rotatable bonds is 2. The van der Waals surface area contributed by atoms with Crippen LogP contribution in [0.5, 0.6) is 0 Å². The first-order chi connectivity index (χ1) is 4.43.